The van der Waals surface area contributed by atoms with Crippen molar-refractivity contribution in [3.05, 3.63) is 47.2 Å². The summed E-state index contributed by atoms with van der Waals surface area (Å²) in [6.45, 7) is 2.95. The Balaban J connectivity index is 1.45. The van der Waals surface area contributed by atoms with Crippen LogP contribution in [0.4, 0.5) is 5.69 Å². The molecule has 0 bridgehead atoms. The average Bonchev–Trinajstić information content (AvgIpc) is 3.34. The number of nitrogens with one attached hydrogen (secondary N) is 2. The van der Waals surface area contributed by atoms with Gasteiger partial charge in [0.2, 0.25) is 11.0 Å². The SMILES string of the molecule is CC(NC(=O)c1ccc(S(=O)(=O)N2CCOCC2)o1)c1ccc2c(c1)CC(=O)N2. The first-order valence-corrected chi connectivity index (χ1v) is 10.7. The maximum Gasteiger partial charge on any atom is 0.287 e. The summed E-state index contributed by atoms with van der Waals surface area (Å²) in [5.74, 6) is -0.657. The second-order valence-corrected chi connectivity index (χ2v) is 8.84. The minimum absolute atomic E-state index is 0.0570. The number of sulfonamides is 1. The number of benzene rings is 1. The van der Waals surface area contributed by atoms with Crippen molar-refractivity contribution in [1.82, 2.24) is 9.62 Å². The van der Waals surface area contributed by atoms with Crippen LogP contribution < -0.4 is 10.6 Å². The zero-order valence-electron chi connectivity index (χ0n) is 15.8. The normalized spacial score (nSPS) is 18.2. The lowest BCUT2D eigenvalue weighted by molar-refractivity contribution is -0.115. The highest BCUT2D eigenvalue weighted by molar-refractivity contribution is 7.89. The Bertz CT molecular complexity index is 1060. The van der Waals surface area contributed by atoms with Gasteiger partial charge in [0.25, 0.3) is 15.9 Å². The Hall–Kier alpha value is -2.69. The number of carbonyl (C=O) groups excluding carboxylic acids is 2. The predicted octanol–water partition coefficient (Wildman–Crippen LogP) is 1.29. The molecule has 2 aliphatic rings. The molecule has 10 heteroatoms. The fourth-order valence-electron chi connectivity index (χ4n) is 3.36. The number of carbonyl (C=O) groups is 2. The lowest BCUT2D eigenvalue weighted by Crippen LogP contribution is -2.40. The topological polar surface area (TPSA) is 118 Å². The molecule has 1 aromatic carbocycles. The Morgan fingerprint density at radius 2 is 1.97 bits per heavy atom. The molecule has 2 amide bonds. The van der Waals surface area contributed by atoms with E-state index in [0.717, 1.165) is 16.8 Å². The van der Waals surface area contributed by atoms with Gasteiger partial charge in [-0.05, 0) is 36.2 Å². The molecule has 1 unspecified atom stereocenters. The minimum Gasteiger partial charge on any atom is -0.438 e. The van der Waals surface area contributed by atoms with Crippen LogP contribution in [-0.4, -0.2) is 50.8 Å². The number of hydrogen-bond acceptors (Lipinski definition) is 6. The Morgan fingerprint density at radius 3 is 2.72 bits per heavy atom. The number of furan rings is 1. The lowest BCUT2D eigenvalue weighted by Gasteiger charge is -2.24. The highest BCUT2D eigenvalue weighted by Gasteiger charge is 2.30. The van der Waals surface area contributed by atoms with E-state index in [0.29, 0.717) is 19.6 Å². The average molecular weight is 419 g/mol. The molecule has 29 heavy (non-hydrogen) atoms. The van der Waals surface area contributed by atoms with E-state index in [1.54, 1.807) is 13.0 Å². The highest BCUT2D eigenvalue weighted by Crippen LogP contribution is 2.27. The van der Waals surface area contributed by atoms with Gasteiger partial charge in [-0.15, -0.1) is 0 Å². The summed E-state index contributed by atoms with van der Waals surface area (Å²) >= 11 is 0. The quantitative estimate of drug-likeness (QED) is 0.754. The van der Waals surface area contributed by atoms with E-state index in [2.05, 4.69) is 10.6 Å². The van der Waals surface area contributed by atoms with Crippen LogP contribution in [0.25, 0.3) is 0 Å². The first-order valence-electron chi connectivity index (χ1n) is 9.26. The van der Waals surface area contributed by atoms with Crippen molar-refractivity contribution >= 4 is 27.5 Å². The van der Waals surface area contributed by atoms with Gasteiger partial charge >= 0.3 is 0 Å². The van der Waals surface area contributed by atoms with Gasteiger partial charge in [0.15, 0.2) is 5.76 Å². The van der Waals surface area contributed by atoms with E-state index in [9.17, 15) is 18.0 Å². The maximum absolute atomic E-state index is 12.6. The smallest absolute Gasteiger partial charge is 0.287 e. The molecular weight excluding hydrogens is 398 g/mol. The predicted molar refractivity (Wildman–Crippen MR) is 103 cm³/mol. The fraction of sp³-hybridized carbons (Fsp3) is 0.368. The maximum atomic E-state index is 12.6. The molecule has 1 aromatic heterocycles. The first-order chi connectivity index (χ1) is 13.8. The Labute approximate surface area is 168 Å². The van der Waals surface area contributed by atoms with Crippen molar-refractivity contribution in [2.45, 2.75) is 24.5 Å². The third kappa shape index (κ3) is 3.91. The lowest BCUT2D eigenvalue weighted by atomic mass is 10.0. The van der Waals surface area contributed by atoms with Crippen molar-refractivity contribution in [2.24, 2.45) is 0 Å². The van der Waals surface area contributed by atoms with Crippen LogP contribution in [0, 0.1) is 0 Å². The van der Waals surface area contributed by atoms with Crippen molar-refractivity contribution in [3.8, 4) is 0 Å². The van der Waals surface area contributed by atoms with Gasteiger partial charge < -0.3 is 19.8 Å². The highest BCUT2D eigenvalue weighted by atomic mass is 32.2. The number of amides is 2. The van der Waals surface area contributed by atoms with E-state index in [1.807, 2.05) is 12.1 Å². The zero-order chi connectivity index (χ0) is 20.6. The van der Waals surface area contributed by atoms with Gasteiger partial charge in [-0.1, -0.05) is 12.1 Å². The van der Waals surface area contributed by atoms with Gasteiger partial charge in [0.1, 0.15) is 0 Å². The van der Waals surface area contributed by atoms with Gasteiger partial charge in [-0.2, -0.15) is 4.31 Å². The molecule has 2 N–H and O–H groups in total. The van der Waals surface area contributed by atoms with Crippen LogP contribution in [-0.2, 0) is 26.0 Å². The van der Waals surface area contributed by atoms with Crippen LogP contribution in [0.15, 0.2) is 39.8 Å². The second kappa shape index (κ2) is 7.62. The molecule has 3 heterocycles. The number of nitrogens with zero attached hydrogens (tertiary/aromatic N) is 1. The van der Waals surface area contributed by atoms with Gasteiger partial charge in [0, 0.05) is 18.8 Å². The number of fused-ring (bicyclic) bond motifs is 1. The van der Waals surface area contributed by atoms with Crippen molar-refractivity contribution in [1.29, 1.82) is 0 Å². The second-order valence-electron chi connectivity index (χ2n) is 6.97. The van der Waals surface area contributed by atoms with Crippen LogP contribution >= 0.6 is 0 Å². The third-order valence-corrected chi connectivity index (χ3v) is 6.74. The number of hydrogen-bond donors (Lipinski definition) is 2. The van der Waals surface area contributed by atoms with E-state index < -0.39 is 15.9 Å². The van der Waals surface area contributed by atoms with Gasteiger partial charge in [0.05, 0.1) is 25.7 Å². The third-order valence-electron chi connectivity index (χ3n) is 4.97. The van der Waals surface area contributed by atoms with Crippen LogP contribution in [0.5, 0.6) is 0 Å². The van der Waals surface area contributed by atoms with Crippen LogP contribution in [0.3, 0.4) is 0 Å². The number of morpholine rings is 1. The van der Waals surface area contributed by atoms with Crippen LogP contribution in [0.1, 0.15) is 34.6 Å². The molecule has 1 fully saturated rings. The summed E-state index contributed by atoms with van der Waals surface area (Å²) in [4.78, 5) is 24.0. The minimum atomic E-state index is -3.80. The van der Waals surface area contributed by atoms with Crippen LogP contribution in [0.2, 0.25) is 0 Å². The summed E-state index contributed by atoms with van der Waals surface area (Å²) in [6, 6.07) is 7.78. The molecule has 4 rings (SSSR count). The van der Waals surface area contributed by atoms with Gasteiger partial charge in [-0.3, -0.25) is 9.59 Å². The zero-order valence-corrected chi connectivity index (χ0v) is 16.6. The molecule has 1 saturated heterocycles. The molecule has 154 valence electrons. The summed E-state index contributed by atoms with van der Waals surface area (Å²) < 4.78 is 37.0. The van der Waals surface area contributed by atoms with E-state index in [-0.39, 0.29) is 35.9 Å². The number of rotatable bonds is 5. The molecule has 2 aliphatic heterocycles. The van der Waals surface area contributed by atoms with Crippen molar-refractivity contribution in [2.75, 3.05) is 31.6 Å². The molecular formula is C19H21N3O6S. The van der Waals surface area contributed by atoms with E-state index >= 15 is 0 Å². The Kier molecular flexibility index (Phi) is 5.15. The number of ether oxygens (including phenoxy) is 1. The molecule has 0 saturated carbocycles. The monoisotopic (exact) mass is 419 g/mol. The molecule has 0 aliphatic carbocycles. The molecule has 2 aromatic rings. The summed E-state index contributed by atoms with van der Waals surface area (Å²) in [7, 11) is -3.80. The molecule has 0 radical (unpaired) electrons. The first kappa shape index (κ1) is 19.6. The van der Waals surface area contributed by atoms with E-state index in [1.165, 1.54) is 16.4 Å². The Morgan fingerprint density at radius 1 is 1.21 bits per heavy atom. The molecule has 9 nitrogen and oxygen atoms in total. The summed E-state index contributed by atoms with van der Waals surface area (Å²) in [5.41, 5.74) is 2.49. The largest absolute Gasteiger partial charge is 0.438 e. The van der Waals surface area contributed by atoms with Gasteiger partial charge in [-0.25, -0.2) is 8.42 Å². The standard InChI is InChI=1S/C19H21N3O6S/c1-12(13-2-3-15-14(10-13)11-17(23)21-15)20-19(24)16-4-5-18(28-16)29(25,26)22-6-8-27-9-7-22/h2-5,10,12H,6-9,11H2,1H3,(H,20,24)(H,21,23). The van der Waals surface area contributed by atoms with Crippen molar-refractivity contribution in [3.63, 3.8) is 0 Å². The molecule has 0 spiro atoms. The number of anilines is 1. The van der Waals surface area contributed by atoms with Crippen molar-refractivity contribution < 1.29 is 27.2 Å². The summed E-state index contributed by atoms with van der Waals surface area (Å²) in [6.07, 6.45) is 0.310. The van der Waals surface area contributed by atoms with E-state index in [4.69, 9.17) is 9.15 Å². The molecule has 1 atom stereocenters. The summed E-state index contributed by atoms with van der Waals surface area (Å²) in [5, 5.41) is 5.29. The fourth-order valence-corrected chi connectivity index (χ4v) is 4.68.